The molecule has 0 saturated heterocycles. The van der Waals surface area contributed by atoms with E-state index in [2.05, 4.69) is 12.2 Å². The Hall–Kier alpha value is -1.31. The van der Waals surface area contributed by atoms with Gasteiger partial charge < -0.3 is 4.74 Å². The summed E-state index contributed by atoms with van der Waals surface area (Å²) in [5.74, 6) is 1.81. The Morgan fingerprint density at radius 2 is 1.95 bits per heavy atom. The first-order valence-electron chi connectivity index (χ1n) is 8.81. The molecule has 2 saturated carbocycles. The van der Waals surface area contributed by atoms with Crippen molar-refractivity contribution >= 4 is 0 Å². The van der Waals surface area contributed by atoms with E-state index in [4.69, 9.17) is 4.74 Å². The largest absolute Gasteiger partial charge is 0.490 e. The Kier molecular flexibility index (Phi) is 5.17. The van der Waals surface area contributed by atoms with Gasteiger partial charge >= 0.3 is 0 Å². The Morgan fingerprint density at radius 3 is 2.68 bits per heavy atom. The van der Waals surface area contributed by atoms with Crippen LogP contribution in [0.2, 0.25) is 0 Å². The van der Waals surface area contributed by atoms with Gasteiger partial charge in [-0.25, -0.2) is 4.39 Å². The molecule has 1 nitrogen and oxygen atoms in total. The van der Waals surface area contributed by atoms with E-state index in [0.29, 0.717) is 12.4 Å². The summed E-state index contributed by atoms with van der Waals surface area (Å²) in [6.07, 6.45) is 14.3. The van der Waals surface area contributed by atoms with Crippen molar-refractivity contribution in [1.82, 2.24) is 0 Å². The highest BCUT2D eigenvalue weighted by Gasteiger charge is 2.17. The van der Waals surface area contributed by atoms with Crippen molar-refractivity contribution in [3.63, 3.8) is 0 Å². The van der Waals surface area contributed by atoms with Crippen LogP contribution in [-0.4, -0.2) is 6.61 Å². The highest BCUT2D eigenvalue weighted by atomic mass is 19.1. The smallest absolute Gasteiger partial charge is 0.168 e. The summed E-state index contributed by atoms with van der Waals surface area (Å²) >= 11 is 0. The van der Waals surface area contributed by atoms with Crippen molar-refractivity contribution in [1.29, 1.82) is 0 Å². The van der Waals surface area contributed by atoms with E-state index in [0.717, 1.165) is 35.8 Å². The van der Waals surface area contributed by atoms with Crippen LogP contribution in [0.15, 0.2) is 24.3 Å². The van der Waals surface area contributed by atoms with E-state index in [9.17, 15) is 4.39 Å². The van der Waals surface area contributed by atoms with Gasteiger partial charge in [-0.05, 0) is 61.6 Å². The van der Waals surface area contributed by atoms with Crippen molar-refractivity contribution in [2.45, 2.75) is 58.3 Å². The van der Waals surface area contributed by atoms with Crippen LogP contribution in [0.3, 0.4) is 0 Å². The molecule has 0 N–H and O–H groups in total. The summed E-state index contributed by atoms with van der Waals surface area (Å²) in [6, 6.07) is 3.82. The Labute approximate surface area is 133 Å². The van der Waals surface area contributed by atoms with Crippen LogP contribution in [0.5, 0.6) is 5.75 Å². The third-order valence-corrected chi connectivity index (χ3v) is 5.09. The Bertz CT molecular complexity index is 525. The van der Waals surface area contributed by atoms with Gasteiger partial charge in [0, 0.05) is 0 Å². The van der Waals surface area contributed by atoms with E-state index >= 15 is 0 Å². The molecule has 3 rings (SSSR count). The molecule has 0 heterocycles. The van der Waals surface area contributed by atoms with E-state index < -0.39 is 0 Å². The maximum Gasteiger partial charge on any atom is 0.168 e. The fourth-order valence-electron chi connectivity index (χ4n) is 3.34. The third-order valence-electron chi connectivity index (χ3n) is 5.09. The first-order chi connectivity index (χ1) is 10.7. The van der Waals surface area contributed by atoms with Gasteiger partial charge in [-0.1, -0.05) is 43.9 Å². The van der Waals surface area contributed by atoms with Gasteiger partial charge in [0.2, 0.25) is 0 Å². The molecule has 0 unspecified atom stereocenters. The van der Waals surface area contributed by atoms with Crippen LogP contribution >= 0.6 is 0 Å². The SMILES string of the molecule is Cc1c(C/C=C/C2CC2)ccc(OCCC2CCCC2)c1F. The molecule has 2 fully saturated rings. The minimum absolute atomic E-state index is 0.177. The van der Waals surface area contributed by atoms with Gasteiger partial charge in [-0.15, -0.1) is 0 Å². The highest BCUT2D eigenvalue weighted by molar-refractivity contribution is 5.38. The second kappa shape index (κ2) is 7.30. The second-order valence-electron chi connectivity index (χ2n) is 6.92. The van der Waals surface area contributed by atoms with Crippen molar-refractivity contribution in [3.8, 4) is 5.75 Å². The molecular formula is C20H27FO. The molecule has 1 aromatic rings. The normalized spacial score (nSPS) is 19.2. The zero-order chi connectivity index (χ0) is 15.4. The van der Waals surface area contributed by atoms with Crippen LogP contribution in [0.25, 0.3) is 0 Å². The van der Waals surface area contributed by atoms with Gasteiger partial charge in [0.05, 0.1) is 6.61 Å². The number of hydrogen-bond donors (Lipinski definition) is 0. The molecule has 0 aromatic heterocycles. The Morgan fingerprint density at radius 1 is 1.18 bits per heavy atom. The van der Waals surface area contributed by atoms with Crippen LogP contribution in [0.1, 0.15) is 56.1 Å². The topological polar surface area (TPSA) is 9.23 Å². The minimum Gasteiger partial charge on any atom is -0.490 e. The van der Waals surface area contributed by atoms with Crippen molar-refractivity contribution in [2.24, 2.45) is 11.8 Å². The van der Waals surface area contributed by atoms with E-state index in [1.807, 2.05) is 13.0 Å². The first-order valence-corrected chi connectivity index (χ1v) is 8.81. The maximum atomic E-state index is 14.4. The van der Waals surface area contributed by atoms with E-state index in [-0.39, 0.29) is 5.82 Å². The molecule has 0 atom stereocenters. The van der Waals surface area contributed by atoms with Gasteiger partial charge in [-0.3, -0.25) is 0 Å². The zero-order valence-electron chi connectivity index (χ0n) is 13.6. The number of ether oxygens (including phenoxy) is 1. The minimum atomic E-state index is -0.177. The molecule has 0 bridgehead atoms. The predicted molar refractivity (Wildman–Crippen MR) is 88.8 cm³/mol. The average Bonchev–Trinajstić information content (AvgIpc) is 3.19. The van der Waals surface area contributed by atoms with Crippen LogP contribution in [0.4, 0.5) is 4.39 Å². The fourth-order valence-corrected chi connectivity index (χ4v) is 3.34. The molecule has 22 heavy (non-hydrogen) atoms. The van der Waals surface area contributed by atoms with Crippen molar-refractivity contribution < 1.29 is 9.13 Å². The monoisotopic (exact) mass is 302 g/mol. The lowest BCUT2D eigenvalue weighted by molar-refractivity contribution is 0.267. The van der Waals surface area contributed by atoms with Crippen LogP contribution in [0, 0.1) is 24.6 Å². The first kappa shape index (κ1) is 15.6. The third kappa shape index (κ3) is 4.12. The second-order valence-corrected chi connectivity index (χ2v) is 6.92. The number of halogens is 1. The van der Waals surface area contributed by atoms with Gasteiger partial charge in [-0.2, -0.15) is 0 Å². The predicted octanol–water partition coefficient (Wildman–Crippen LogP) is 5.60. The van der Waals surface area contributed by atoms with E-state index in [1.54, 1.807) is 6.07 Å². The number of hydrogen-bond acceptors (Lipinski definition) is 1. The van der Waals surface area contributed by atoms with Crippen molar-refractivity contribution in [3.05, 3.63) is 41.2 Å². The molecule has 2 heteroatoms. The van der Waals surface area contributed by atoms with Gasteiger partial charge in [0.1, 0.15) is 0 Å². The summed E-state index contributed by atoms with van der Waals surface area (Å²) < 4.78 is 20.1. The summed E-state index contributed by atoms with van der Waals surface area (Å²) in [4.78, 5) is 0. The van der Waals surface area contributed by atoms with Gasteiger partial charge in [0.25, 0.3) is 0 Å². The lowest BCUT2D eigenvalue weighted by Gasteiger charge is -2.13. The summed E-state index contributed by atoms with van der Waals surface area (Å²) in [6.45, 7) is 2.50. The summed E-state index contributed by atoms with van der Waals surface area (Å²) in [5.41, 5.74) is 1.80. The van der Waals surface area contributed by atoms with Crippen molar-refractivity contribution in [2.75, 3.05) is 6.61 Å². The molecule has 2 aliphatic rings. The maximum absolute atomic E-state index is 14.4. The molecule has 120 valence electrons. The van der Waals surface area contributed by atoms with Crippen LogP contribution < -0.4 is 4.74 Å². The fraction of sp³-hybridized carbons (Fsp3) is 0.600. The molecular weight excluding hydrogens is 275 g/mol. The quantitative estimate of drug-likeness (QED) is 0.595. The van der Waals surface area contributed by atoms with Gasteiger partial charge in [0.15, 0.2) is 11.6 Å². The average molecular weight is 302 g/mol. The molecule has 1 aromatic carbocycles. The highest BCUT2D eigenvalue weighted by Crippen LogP contribution is 2.31. The standard InChI is InChI=1S/C20H27FO/c1-15-18(8-4-7-17-9-10-17)11-12-19(20(15)21)22-14-13-16-5-2-3-6-16/h4,7,11-12,16-17H,2-3,5-6,8-10,13-14H2,1H3/b7-4+. The summed E-state index contributed by atoms with van der Waals surface area (Å²) in [7, 11) is 0. The van der Waals surface area contributed by atoms with E-state index in [1.165, 1.54) is 38.5 Å². The lowest BCUT2D eigenvalue weighted by Crippen LogP contribution is -2.06. The zero-order valence-corrected chi connectivity index (χ0v) is 13.6. The number of allylic oxidation sites excluding steroid dienone is 2. The number of rotatable bonds is 7. The summed E-state index contributed by atoms with van der Waals surface area (Å²) in [5, 5.41) is 0. The molecule has 0 aliphatic heterocycles. The molecule has 0 radical (unpaired) electrons. The molecule has 2 aliphatic carbocycles. The Balaban J connectivity index is 1.53. The number of benzene rings is 1. The lowest BCUT2D eigenvalue weighted by atomic mass is 10.0. The van der Waals surface area contributed by atoms with Crippen LogP contribution in [-0.2, 0) is 6.42 Å². The molecule has 0 amide bonds. The molecule has 0 spiro atoms.